The molecule has 1 amide bonds. The summed E-state index contributed by atoms with van der Waals surface area (Å²) >= 11 is 0. The monoisotopic (exact) mass is 353 g/mol. The summed E-state index contributed by atoms with van der Waals surface area (Å²) in [5, 5.41) is 0. The molecule has 1 aliphatic carbocycles. The van der Waals surface area contributed by atoms with Gasteiger partial charge in [-0.1, -0.05) is 18.2 Å². The highest BCUT2D eigenvalue weighted by Crippen LogP contribution is 2.33. The van der Waals surface area contributed by atoms with Gasteiger partial charge in [0.15, 0.2) is 0 Å². The molecule has 0 spiro atoms. The van der Waals surface area contributed by atoms with E-state index in [-0.39, 0.29) is 5.91 Å². The van der Waals surface area contributed by atoms with E-state index in [1.165, 1.54) is 12.8 Å². The molecule has 4 rings (SSSR count). The molecule has 0 bridgehead atoms. The second kappa shape index (κ2) is 7.94. The molecule has 2 heterocycles. The number of aromatic nitrogens is 2. The third kappa shape index (κ3) is 4.26. The summed E-state index contributed by atoms with van der Waals surface area (Å²) in [4.78, 5) is 19.2. The van der Waals surface area contributed by atoms with Gasteiger partial charge in [0.2, 0.25) is 5.91 Å². The van der Waals surface area contributed by atoms with Crippen LogP contribution in [0.2, 0.25) is 0 Å². The van der Waals surface area contributed by atoms with Crippen LogP contribution in [0, 0.1) is 5.92 Å². The Labute approximate surface area is 155 Å². The number of ether oxygens (including phenoxy) is 1. The normalized spacial score (nSPS) is 20.2. The molecular formula is C21H27N3O2. The SMILES string of the molecule is O=C(CCOc1ccccc1)N1CCC[C@H](c2nccn2CC2CC2)C1. The van der Waals surface area contributed by atoms with Gasteiger partial charge in [-0.3, -0.25) is 4.79 Å². The van der Waals surface area contributed by atoms with E-state index in [4.69, 9.17) is 4.74 Å². The fraction of sp³-hybridized carbons (Fsp3) is 0.524. The van der Waals surface area contributed by atoms with Crippen LogP contribution in [-0.4, -0.2) is 40.1 Å². The van der Waals surface area contributed by atoms with Gasteiger partial charge < -0.3 is 14.2 Å². The fourth-order valence-corrected chi connectivity index (χ4v) is 3.76. The van der Waals surface area contributed by atoms with Crippen molar-refractivity contribution in [3.05, 3.63) is 48.5 Å². The molecule has 2 aliphatic rings. The lowest BCUT2D eigenvalue weighted by molar-refractivity contribution is -0.133. The van der Waals surface area contributed by atoms with E-state index in [0.29, 0.717) is 18.9 Å². The largest absolute Gasteiger partial charge is 0.493 e. The Hall–Kier alpha value is -2.30. The first-order valence-electron chi connectivity index (χ1n) is 9.76. The summed E-state index contributed by atoms with van der Waals surface area (Å²) in [5.41, 5.74) is 0. The lowest BCUT2D eigenvalue weighted by atomic mass is 9.96. The standard InChI is InChI=1S/C21H27N3O2/c25-20(10-14-26-19-6-2-1-3-7-19)23-12-4-5-18(16-23)21-22-11-13-24(21)15-17-8-9-17/h1-3,6-7,11,13,17-18H,4-5,8-10,12,14-16H2/t18-/m0/s1. The van der Waals surface area contributed by atoms with Crippen molar-refractivity contribution in [1.82, 2.24) is 14.5 Å². The summed E-state index contributed by atoms with van der Waals surface area (Å²) in [6.45, 7) is 3.15. The molecule has 0 radical (unpaired) electrons. The summed E-state index contributed by atoms with van der Waals surface area (Å²) in [5.74, 6) is 3.36. The Morgan fingerprint density at radius 3 is 2.85 bits per heavy atom. The van der Waals surface area contributed by atoms with Crippen LogP contribution in [0.1, 0.15) is 43.8 Å². The van der Waals surface area contributed by atoms with Crippen molar-refractivity contribution >= 4 is 5.91 Å². The van der Waals surface area contributed by atoms with Gasteiger partial charge in [-0.2, -0.15) is 0 Å². The Bertz CT molecular complexity index is 724. The molecule has 0 N–H and O–H groups in total. The second-order valence-corrected chi connectivity index (χ2v) is 7.47. The number of benzene rings is 1. The molecular weight excluding hydrogens is 326 g/mol. The molecule has 2 aromatic rings. The predicted molar refractivity (Wildman–Crippen MR) is 100 cm³/mol. The van der Waals surface area contributed by atoms with Crippen molar-refractivity contribution in [2.45, 2.75) is 44.6 Å². The lowest BCUT2D eigenvalue weighted by Gasteiger charge is -2.32. The highest BCUT2D eigenvalue weighted by molar-refractivity contribution is 5.76. The molecule has 0 unspecified atom stereocenters. The number of piperidine rings is 1. The predicted octanol–water partition coefficient (Wildman–Crippen LogP) is 3.47. The van der Waals surface area contributed by atoms with Gasteiger partial charge >= 0.3 is 0 Å². The average molecular weight is 353 g/mol. The molecule has 5 nitrogen and oxygen atoms in total. The quantitative estimate of drug-likeness (QED) is 0.766. The van der Waals surface area contributed by atoms with Crippen LogP contribution in [0.15, 0.2) is 42.7 Å². The number of carbonyl (C=O) groups excluding carboxylic acids is 1. The number of likely N-dealkylation sites (tertiary alicyclic amines) is 1. The molecule has 1 saturated carbocycles. The number of amides is 1. The van der Waals surface area contributed by atoms with E-state index in [9.17, 15) is 4.79 Å². The summed E-state index contributed by atoms with van der Waals surface area (Å²) < 4.78 is 7.99. The molecule has 1 aliphatic heterocycles. The van der Waals surface area contributed by atoms with Crippen molar-refractivity contribution in [1.29, 1.82) is 0 Å². The van der Waals surface area contributed by atoms with Gasteiger partial charge in [-0.25, -0.2) is 4.98 Å². The van der Waals surface area contributed by atoms with Gasteiger partial charge in [0.05, 0.1) is 13.0 Å². The minimum absolute atomic E-state index is 0.186. The first kappa shape index (κ1) is 17.1. The topological polar surface area (TPSA) is 47.4 Å². The highest BCUT2D eigenvalue weighted by atomic mass is 16.5. The number of rotatable bonds is 7. The highest BCUT2D eigenvalue weighted by Gasteiger charge is 2.29. The van der Waals surface area contributed by atoms with Gasteiger partial charge in [-0.15, -0.1) is 0 Å². The van der Waals surface area contributed by atoms with Crippen molar-refractivity contribution in [3.8, 4) is 5.75 Å². The summed E-state index contributed by atoms with van der Waals surface area (Å²) in [6.07, 6.45) is 9.28. The number of para-hydroxylation sites is 1. The maximum atomic E-state index is 12.6. The van der Waals surface area contributed by atoms with E-state index in [1.54, 1.807) is 0 Å². The zero-order valence-corrected chi connectivity index (χ0v) is 15.2. The first-order chi connectivity index (χ1) is 12.8. The van der Waals surface area contributed by atoms with Crippen molar-refractivity contribution in [3.63, 3.8) is 0 Å². The van der Waals surface area contributed by atoms with Crippen LogP contribution in [0.25, 0.3) is 0 Å². The molecule has 1 saturated heterocycles. The lowest BCUT2D eigenvalue weighted by Crippen LogP contribution is -2.40. The van der Waals surface area contributed by atoms with Crippen LogP contribution in [-0.2, 0) is 11.3 Å². The van der Waals surface area contributed by atoms with Crippen molar-refractivity contribution < 1.29 is 9.53 Å². The zero-order chi connectivity index (χ0) is 17.8. The maximum absolute atomic E-state index is 12.6. The Balaban J connectivity index is 1.30. The molecule has 138 valence electrons. The number of hydrogen-bond donors (Lipinski definition) is 0. The van der Waals surface area contributed by atoms with Crippen LogP contribution < -0.4 is 4.74 Å². The minimum atomic E-state index is 0.186. The summed E-state index contributed by atoms with van der Waals surface area (Å²) in [7, 11) is 0. The fourth-order valence-electron chi connectivity index (χ4n) is 3.76. The van der Waals surface area contributed by atoms with Crippen molar-refractivity contribution in [2.75, 3.05) is 19.7 Å². The Kier molecular flexibility index (Phi) is 5.23. The molecule has 1 aromatic carbocycles. The smallest absolute Gasteiger partial charge is 0.226 e. The van der Waals surface area contributed by atoms with Gasteiger partial charge in [-0.05, 0) is 43.7 Å². The van der Waals surface area contributed by atoms with Gasteiger partial charge in [0, 0.05) is 37.9 Å². The zero-order valence-electron chi connectivity index (χ0n) is 15.2. The average Bonchev–Trinajstić information content (AvgIpc) is 3.37. The van der Waals surface area contributed by atoms with Crippen LogP contribution in [0.3, 0.4) is 0 Å². The number of imidazole rings is 1. The Morgan fingerprint density at radius 1 is 1.19 bits per heavy atom. The maximum Gasteiger partial charge on any atom is 0.226 e. The first-order valence-corrected chi connectivity index (χ1v) is 9.76. The molecule has 26 heavy (non-hydrogen) atoms. The van der Waals surface area contributed by atoms with E-state index >= 15 is 0 Å². The number of hydrogen-bond acceptors (Lipinski definition) is 3. The molecule has 2 fully saturated rings. The van der Waals surface area contributed by atoms with E-state index in [0.717, 1.165) is 50.0 Å². The van der Waals surface area contributed by atoms with E-state index < -0.39 is 0 Å². The van der Waals surface area contributed by atoms with Crippen LogP contribution in [0.5, 0.6) is 5.75 Å². The number of nitrogens with zero attached hydrogens (tertiary/aromatic N) is 3. The van der Waals surface area contributed by atoms with E-state index in [1.807, 2.05) is 41.4 Å². The van der Waals surface area contributed by atoms with Crippen LogP contribution >= 0.6 is 0 Å². The third-order valence-corrected chi connectivity index (χ3v) is 5.37. The molecule has 5 heteroatoms. The van der Waals surface area contributed by atoms with Gasteiger partial charge in [0.1, 0.15) is 11.6 Å². The molecule has 1 aromatic heterocycles. The summed E-state index contributed by atoms with van der Waals surface area (Å²) in [6, 6.07) is 9.67. The second-order valence-electron chi connectivity index (χ2n) is 7.47. The van der Waals surface area contributed by atoms with Crippen LogP contribution in [0.4, 0.5) is 0 Å². The third-order valence-electron chi connectivity index (χ3n) is 5.37. The van der Waals surface area contributed by atoms with E-state index in [2.05, 4.69) is 15.7 Å². The Morgan fingerprint density at radius 2 is 2.04 bits per heavy atom. The number of carbonyl (C=O) groups is 1. The van der Waals surface area contributed by atoms with Crippen molar-refractivity contribution in [2.24, 2.45) is 5.92 Å². The van der Waals surface area contributed by atoms with Gasteiger partial charge in [0.25, 0.3) is 0 Å². The molecule has 1 atom stereocenters. The minimum Gasteiger partial charge on any atom is -0.493 e.